The first-order chi connectivity index (χ1) is 15.1. The predicted octanol–water partition coefficient (Wildman–Crippen LogP) is 4.77. The number of pyridine rings is 1. The Hall–Kier alpha value is -1.79. The molecule has 2 fully saturated rings. The number of carbonyl (C=O) groups excluding carboxylic acids is 1. The van der Waals surface area contributed by atoms with Gasteiger partial charge in [-0.05, 0) is 63.6 Å². The number of rotatable bonds is 7. The van der Waals surface area contributed by atoms with Crippen LogP contribution in [0.2, 0.25) is 0 Å². The molecule has 0 bridgehead atoms. The maximum atomic E-state index is 13.4. The lowest BCUT2D eigenvalue weighted by atomic mass is 9.90. The SMILES string of the molecule is Cc1nc(C)c(CC(=O)N(Cc2cccnc2)CC2CCCN(C3CCCCC3)C2)s1. The summed E-state index contributed by atoms with van der Waals surface area (Å²) in [4.78, 5) is 28.1. The Balaban J connectivity index is 1.44. The lowest BCUT2D eigenvalue weighted by Crippen LogP contribution is -2.47. The summed E-state index contributed by atoms with van der Waals surface area (Å²) >= 11 is 1.65. The summed E-state index contributed by atoms with van der Waals surface area (Å²) in [6, 6.07) is 4.80. The quantitative estimate of drug-likeness (QED) is 0.622. The van der Waals surface area contributed by atoms with Crippen LogP contribution in [0.3, 0.4) is 0 Å². The van der Waals surface area contributed by atoms with Gasteiger partial charge in [0.05, 0.1) is 17.1 Å². The van der Waals surface area contributed by atoms with E-state index in [1.54, 1.807) is 17.5 Å². The molecule has 1 amide bonds. The second-order valence-electron chi connectivity index (χ2n) is 9.35. The second-order valence-corrected chi connectivity index (χ2v) is 10.6. The van der Waals surface area contributed by atoms with Crippen molar-refractivity contribution in [3.63, 3.8) is 0 Å². The van der Waals surface area contributed by atoms with E-state index in [1.807, 2.05) is 26.1 Å². The maximum Gasteiger partial charge on any atom is 0.228 e. The molecular formula is C25H36N4OS. The lowest BCUT2D eigenvalue weighted by molar-refractivity contribution is -0.132. The van der Waals surface area contributed by atoms with Crippen molar-refractivity contribution < 1.29 is 4.79 Å². The van der Waals surface area contributed by atoms with Gasteiger partial charge >= 0.3 is 0 Å². The first-order valence-electron chi connectivity index (χ1n) is 11.9. The zero-order valence-corrected chi connectivity index (χ0v) is 19.9. The lowest BCUT2D eigenvalue weighted by Gasteiger charge is -2.41. The fraction of sp³-hybridized carbons (Fsp3) is 0.640. The van der Waals surface area contributed by atoms with Gasteiger partial charge < -0.3 is 9.80 Å². The Bertz CT molecular complexity index is 846. The van der Waals surface area contributed by atoms with E-state index in [2.05, 4.69) is 25.8 Å². The number of nitrogens with zero attached hydrogens (tertiary/aromatic N) is 4. The molecule has 1 saturated heterocycles. The molecule has 0 aromatic carbocycles. The van der Waals surface area contributed by atoms with Gasteiger partial charge in [-0.15, -0.1) is 11.3 Å². The van der Waals surface area contributed by atoms with Crippen molar-refractivity contribution in [3.8, 4) is 0 Å². The number of aromatic nitrogens is 2. The average molecular weight is 441 g/mol. The van der Waals surface area contributed by atoms with Crippen molar-refractivity contribution in [2.45, 2.75) is 77.8 Å². The van der Waals surface area contributed by atoms with E-state index in [1.165, 1.54) is 51.5 Å². The van der Waals surface area contributed by atoms with Gasteiger partial charge in [-0.1, -0.05) is 25.3 Å². The van der Waals surface area contributed by atoms with Crippen LogP contribution < -0.4 is 0 Å². The summed E-state index contributed by atoms with van der Waals surface area (Å²) < 4.78 is 0. The number of likely N-dealkylation sites (tertiary alicyclic amines) is 1. The normalized spacial score (nSPS) is 20.6. The van der Waals surface area contributed by atoms with Gasteiger partial charge in [-0.3, -0.25) is 9.78 Å². The molecule has 1 atom stereocenters. The number of hydrogen-bond donors (Lipinski definition) is 0. The van der Waals surface area contributed by atoms with Crippen molar-refractivity contribution in [2.24, 2.45) is 5.92 Å². The maximum absolute atomic E-state index is 13.4. The van der Waals surface area contributed by atoms with Crippen molar-refractivity contribution in [1.29, 1.82) is 0 Å². The van der Waals surface area contributed by atoms with Crippen LogP contribution >= 0.6 is 11.3 Å². The third kappa shape index (κ3) is 6.13. The van der Waals surface area contributed by atoms with Gasteiger partial charge in [0.15, 0.2) is 0 Å². The third-order valence-electron chi connectivity index (χ3n) is 6.88. The van der Waals surface area contributed by atoms with Gasteiger partial charge in [-0.25, -0.2) is 4.98 Å². The Labute approximate surface area is 190 Å². The van der Waals surface area contributed by atoms with Gasteiger partial charge in [0.25, 0.3) is 0 Å². The minimum Gasteiger partial charge on any atom is -0.338 e. The molecule has 0 N–H and O–H groups in total. The van der Waals surface area contributed by atoms with E-state index in [4.69, 9.17) is 0 Å². The highest BCUT2D eigenvalue weighted by Gasteiger charge is 2.29. The molecule has 3 heterocycles. The highest BCUT2D eigenvalue weighted by Crippen LogP contribution is 2.28. The molecule has 31 heavy (non-hydrogen) atoms. The van der Waals surface area contributed by atoms with Gasteiger partial charge in [0.2, 0.25) is 5.91 Å². The summed E-state index contributed by atoms with van der Waals surface area (Å²) in [5.41, 5.74) is 2.10. The van der Waals surface area contributed by atoms with Crippen molar-refractivity contribution in [1.82, 2.24) is 19.8 Å². The van der Waals surface area contributed by atoms with E-state index in [0.717, 1.165) is 40.3 Å². The van der Waals surface area contributed by atoms with Crippen LogP contribution in [0.15, 0.2) is 24.5 Å². The van der Waals surface area contributed by atoms with Crippen LogP contribution in [0.25, 0.3) is 0 Å². The van der Waals surface area contributed by atoms with Crippen LogP contribution in [0.4, 0.5) is 0 Å². The van der Waals surface area contributed by atoms with Gasteiger partial charge in [-0.2, -0.15) is 0 Å². The molecule has 0 spiro atoms. The fourth-order valence-electron chi connectivity index (χ4n) is 5.29. The van der Waals surface area contributed by atoms with E-state index in [9.17, 15) is 4.79 Å². The number of hydrogen-bond acceptors (Lipinski definition) is 5. The van der Waals surface area contributed by atoms with Crippen molar-refractivity contribution >= 4 is 17.2 Å². The molecule has 168 valence electrons. The molecule has 1 unspecified atom stereocenters. The van der Waals surface area contributed by atoms with Crippen LogP contribution in [0.5, 0.6) is 0 Å². The first kappa shape index (κ1) is 22.4. The van der Waals surface area contributed by atoms with Crippen molar-refractivity contribution in [3.05, 3.63) is 45.7 Å². The molecular weight excluding hydrogens is 404 g/mol. The number of aryl methyl sites for hydroxylation is 2. The molecule has 2 aromatic heterocycles. The zero-order valence-electron chi connectivity index (χ0n) is 19.1. The smallest absolute Gasteiger partial charge is 0.228 e. The predicted molar refractivity (Wildman–Crippen MR) is 126 cm³/mol. The minimum atomic E-state index is 0.213. The minimum absolute atomic E-state index is 0.213. The molecule has 2 aromatic rings. The number of amides is 1. The number of piperidine rings is 1. The zero-order chi connectivity index (χ0) is 21.6. The van der Waals surface area contributed by atoms with Gasteiger partial charge in [0.1, 0.15) is 0 Å². The summed E-state index contributed by atoms with van der Waals surface area (Å²) in [7, 11) is 0. The van der Waals surface area contributed by atoms with Crippen LogP contribution in [0, 0.1) is 19.8 Å². The Kier molecular flexibility index (Phi) is 7.72. The summed E-state index contributed by atoms with van der Waals surface area (Å²) in [5, 5.41) is 1.04. The number of carbonyl (C=O) groups is 1. The Morgan fingerprint density at radius 1 is 1.19 bits per heavy atom. The first-order valence-corrected chi connectivity index (χ1v) is 12.7. The van der Waals surface area contributed by atoms with E-state index in [-0.39, 0.29) is 5.91 Å². The third-order valence-corrected chi connectivity index (χ3v) is 7.95. The molecule has 1 aliphatic carbocycles. The Morgan fingerprint density at radius 2 is 2.03 bits per heavy atom. The van der Waals surface area contributed by atoms with E-state index in [0.29, 0.717) is 18.9 Å². The summed E-state index contributed by atoms with van der Waals surface area (Å²) in [6.07, 6.45) is 13.5. The molecule has 6 heteroatoms. The molecule has 1 aliphatic heterocycles. The van der Waals surface area contributed by atoms with Crippen molar-refractivity contribution in [2.75, 3.05) is 19.6 Å². The van der Waals surface area contributed by atoms with Crippen LogP contribution in [-0.4, -0.2) is 51.4 Å². The second kappa shape index (κ2) is 10.7. The van der Waals surface area contributed by atoms with E-state index >= 15 is 0 Å². The molecule has 1 saturated carbocycles. The molecule has 0 radical (unpaired) electrons. The highest BCUT2D eigenvalue weighted by atomic mass is 32.1. The van der Waals surface area contributed by atoms with Crippen LogP contribution in [-0.2, 0) is 17.8 Å². The topological polar surface area (TPSA) is 49.3 Å². The average Bonchev–Trinajstić information content (AvgIpc) is 3.11. The fourth-order valence-corrected chi connectivity index (χ4v) is 6.22. The molecule has 2 aliphatic rings. The van der Waals surface area contributed by atoms with Gasteiger partial charge in [0, 0.05) is 42.9 Å². The van der Waals surface area contributed by atoms with Crippen LogP contribution in [0.1, 0.15) is 66.1 Å². The standard InChI is InChI=1S/C25H36N4OS/c1-19-24(31-20(2)27-19)14-25(30)29(16-21-8-6-12-26-15-21)18-22-9-7-13-28(17-22)23-10-4-3-5-11-23/h6,8,12,15,22-23H,3-5,7,9-11,13-14,16-18H2,1-2H3. The van der Waals surface area contributed by atoms with E-state index < -0.39 is 0 Å². The molecule has 5 nitrogen and oxygen atoms in total. The molecule has 4 rings (SSSR count). The monoisotopic (exact) mass is 440 g/mol. The largest absolute Gasteiger partial charge is 0.338 e. The summed E-state index contributed by atoms with van der Waals surface area (Å²) in [6.45, 7) is 7.89. The highest BCUT2D eigenvalue weighted by molar-refractivity contribution is 7.11. The summed E-state index contributed by atoms with van der Waals surface area (Å²) in [5.74, 6) is 0.769. The number of thiazole rings is 1. The Morgan fingerprint density at radius 3 is 2.74 bits per heavy atom.